The standard InChI is InChI=1S/C22H20N2O4S/c1-27-15-8-6-14(7-9-15)12-16-10-11-20(29-16)22(26)24-18-13-28-19-5-3-2-4-17(19)23-21(18)25/h2-11,18H,12-13H2,1H3,(H,23,25)(H,24,26)/t18-/m1/s1. The fraction of sp³-hybridized carbons (Fsp3) is 0.182. The lowest BCUT2D eigenvalue weighted by Gasteiger charge is -2.14. The minimum Gasteiger partial charge on any atom is -0.497 e. The molecular weight excluding hydrogens is 388 g/mol. The first kappa shape index (κ1) is 19.0. The first-order chi connectivity index (χ1) is 14.1. The largest absolute Gasteiger partial charge is 0.497 e. The van der Waals surface area contributed by atoms with Crippen LogP contribution in [0.4, 0.5) is 5.69 Å². The Hall–Kier alpha value is -3.32. The fourth-order valence-corrected chi connectivity index (χ4v) is 3.99. The minimum atomic E-state index is -0.762. The summed E-state index contributed by atoms with van der Waals surface area (Å²) in [5.74, 6) is 0.825. The molecule has 7 heteroatoms. The molecule has 0 saturated carbocycles. The van der Waals surface area contributed by atoms with Gasteiger partial charge in [-0.15, -0.1) is 11.3 Å². The minimum absolute atomic E-state index is 0.0820. The molecule has 6 nitrogen and oxygen atoms in total. The van der Waals surface area contributed by atoms with Crippen LogP contribution in [0.25, 0.3) is 0 Å². The molecule has 0 unspecified atom stereocenters. The molecule has 1 aliphatic rings. The van der Waals surface area contributed by atoms with E-state index in [-0.39, 0.29) is 18.4 Å². The first-order valence-corrected chi connectivity index (χ1v) is 9.99. The number of amides is 2. The highest BCUT2D eigenvalue weighted by Gasteiger charge is 2.26. The van der Waals surface area contributed by atoms with Crippen molar-refractivity contribution in [3.05, 3.63) is 76.0 Å². The van der Waals surface area contributed by atoms with E-state index in [0.717, 1.165) is 22.6 Å². The molecule has 1 atom stereocenters. The summed E-state index contributed by atoms with van der Waals surface area (Å²) in [7, 11) is 1.64. The molecule has 1 aliphatic heterocycles. The van der Waals surface area contributed by atoms with E-state index < -0.39 is 6.04 Å². The Morgan fingerprint density at radius 3 is 2.76 bits per heavy atom. The van der Waals surface area contributed by atoms with E-state index in [1.165, 1.54) is 11.3 Å². The maximum absolute atomic E-state index is 12.6. The number of para-hydroxylation sites is 2. The Balaban J connectivity index is 1.39. The van der Waals surface area contributed by atoms with Gasteiger partial charge in [-0.25, -0.2) is 0 Å². The highest BCUT2D eigenvalue weighted by atomic mass is 32.1. The highest BCUT2D eigenvalue weighted by molar-refractivity contribution is 7.14. The second-order valence-corrected chi connectivity index (χ2v) is 7.78. The molecule has 29 heavy (non-hydrogen) atoms. The van der Waals surface area contributed by atoms with Gasteiger partial charge in [0.05, 0.1) is 17.7 Å². The zero-order valence-corrected chi connectivity index (χ0v) is 16.6. The molecule has 0 spiro atoms. The van der Waals surface area contributed by atoms with Crippen LogP contribution in [0.15, 0.2) is 60.7 Å². The summed E-state index contributed by atoms with van der Waals surface area (Å²) in [5, 5.41) is 5.56. The summed E-state index contributed by atoms with van der Waals surface area (Å²) in [6, 6.07) is 18.0. The Morgan fingerprint density at radius 2 is 1.97 bits per heavy atom. The molecule has 2 N–H and O–H groups in total. The Labute approximate surface area is 172 Å². The summed E-state index contributed by atoms with van der Waals surface area (Å²) in [5.41, 5.74) is 1.74. The molecule has 3 aromatic rings. The van der Waals surface area contributed by atoms with Gasteiger partial charge in [0.15, 0.2) is 0 Å². The molecule has 0 saturated heterocycles. The van der Waals surface area contributed by atoms with Gasteiger partial charge in [-0.1, -0.05) is 24.3 Å². The molecule has 4 rings (SSSR count). The second-order valence-electron chi connectivity index (χ2n) is 6.61. The van der Waals surface area contributed by atoms with Crippen LogP contribution >= 0.6 is 11.3 Å². The van der Waals surface area contributed by atoms with Gasteiger partial charge in [-0.05, 0) is 42.0 Å². The third-order valence-electron chi connectivity index (χ3n) is 4.60. The van der Waals surface area contributed by atoms with Crippen molar-refractivity contribution in [1.82, 2.24) is 5.32 Å². The van der Waals surface area contributed by atoms with Crippen LogP contribution in [-0.2, 0) is 11.2 Å². The molecule has 148 valence electrons. The van der Waals surface area contributed by atoms with Gasteiger partial charge < -0.3 is 20.1 Å². The Morgan fingerprint density at radius 1 is 1.17 bits per heavy atom. The second kappa shape index (κ2) is 8.36. The van der Waals surface area contributed by atoms with Gasteiger partial charge in [0.1, 0.15) is 24.1 Å². The van der Waals surface area contributed by atoms with E-state index in [4.69, 9.17) is 9.47 Å². The molecule has 0 fully saturated rings. The lowest BCUT2D eigenvalue weighted by molar-refractivity contribution is -0.118. The molecule has 2 aromatic carbocycles. The van der Waals surface area contributed by atoms with Crippen LogP contribution in [0, 0.1) is 0 Å². The molecule has 0 aliphatic carbocycles. The van der Waals surface area contributed by atoms with Crippen LogP contribution < -0.4 is 20.1 Å². The number of fused-ring (bicyclic) bond motifs is 1. The van der Waals surface area contributed by atoms with Crippen LogP contribution in [-0.4, -0.2) is 31.6 Å². The SMILES string of the molecule is COc1ccc(Cc2ccc(C(=O)N[C@@H]3COc4ccccc4NC3=O)s2)cc1. The number of thiophene rings is 1. The topological polar surface area (TPSA) is 76.7 Å². The van der Waals surface area contributed by atoms with Crippen LogP contribution in [0.1, 0.15) is 20.1 Å². The summed E-state index contributed by atoms with van der Waals surface area (Å²) in [6.45, 7) is 0.0820. The lowest BCUT2D eigenvalue weighted by Crippen LogP contribution is -2.46. The predicted molar refractivity (Wildman–Crippen MR) is 112 cm³/mol. The molecule has 0 radical (unpaired) electrons. The summed E-state index contributed by atoms with van der Waals surface area (Å²) in [6.07, 6.45) is 0.726. The van der Waals surface area contributed by atoms with Gasteiger partial charge in [0.25, 0.3) is 11.8 Å². The van der Waals surface area contributed by atoms with Crippen LogP contribution in [0.5, 0.6) is 11.5 Å². The van der Waals surface area contributed by atoms with E-state index in [1.807, 2.05) is 42.5 Å². The molecule has 2 heterocycles. The number of hydrogen-bond acceptors (Lipinski definition) is 5. The first-order valence-electron chi connectivity index (χ1n) is 9.17. The van der Waals surface area contributed by atoms with Crippen LogP contribution in [0.3, 0.4) is 0 Å². The maximum atomic E-state index is 12.6. The number of anilines is 1. The number of rotatable bonds is 5. The summed E-state index contributed by atoms with van der Waals surface area (Å²) in [4.78, 5) is 26.7. The van der Waals surface area contributed by atoms with Crippen molar-refractivity contribution < 1.29 is 19.1 Å². The van der Waals surface area contributed by atoms with E-state index in [0.29, 0.717) is 16.3 Å². The van der Waals surface area contributed by atoms with Crippen molar-refractivity contribution in [2.75, 3.05) is 19.0 Å². The van der Waals surface area contributed by atoms with Gasteiger partial charge in [0.2, 0.25) is 0 Å². The number of carbonyl (C=O) groups is 2. The number of hydrogen-bond donors (Lipinski definition) is 2. The average molecular weight is 408 g/mol. The van der Waals surface area contributed by atoms with Crippen LogP contribution in [0.2, 0.25) is 0 Å². The predicted octanol–water partition coefficient (Wildman–Crippen LogP) is 3.48. The third-order valence-corrected chi connectivity index (χ3v) is 5.68. The van der Waals surface area contributed by atoms with E-state index in [9.17, 15) is 9.59 Å². The quantitative estimate of drug-likeness (QED) is 0.678. The fourth-order valence-electron chi connectivity index (χ4n) is 3.04. The lowest BCUT2D eigenvalue weighted by atomic mass is 10.1. The van der Waals surface area contributed by atoms with Gasteiger partial charge in [-0.3, -0.25) is 9.59 Å². The number of carbonyl (C=O) groups excluding carboxylic acids is 2. The number of nitrogens with one attached hydrogen (secondary N) is 2. The Bertz CT molecular complexity index is 1030. The third kappa shape index (κ3) is 4.41. The maximum Gasteiger partial charge on any atom is 0.262 e. The van der Waals surface area contributed by atoms with E-state index >= 15 is 0 Å². The monoisotopic (exact) mass is 408 g/mol. The van der Waals surface area contributed by atoms with Gasteiger partial charge >= 0.3 is 0 Å². The number of methoxy groups -OCH3 is 1. The molecule has 2 amide bonds. The van der Waals surface area contributed by atoms with Crippen molar-refractivity contribution in [3.63, 3.8) is 0 Å². The van der Waals surface area contributed by atoms with Gasteiger partial charge in [-0.2, -0.15) is 0 Å². The number of ether oxygens (including phenoxy) is 2. The Kier molecular flexibility index (Phi) is 5.48. The van der Waals surface area contributed by atoms with E-state index in [2.05, 4.69) is 10.6 Å². The smallest absolute Gasteiger partial charge is 0.262 e. The van der Waals surface area contributed by atoms with E-state index in [1.54, 1.807) is 25.3 Å². The van der Waals surface area contributed by atoms with Crippen molar-refractivity contribution in [2.45, 2.75) is 12.5 Å². The average Bonchev–Trinajstić information content (AvgIpc) is 3.14. The highest BCUT2D eigenvalue weighted by Crippen LogP contribution is 2.26. The zero-order chi connectivity index (χ0) is 20.2. The van der Waals surface area contributed by atoms with Gasteiger partial charge in [0, 0.05) is 11.3 Å². The van der Waals surface area contributed by atoms with Crippen molar-refractivity contribution in [1.29, 1.82) is 0 Å². The molecule has 1 aromatic heterocycles. The van der Waals surface area contributed by atoms with Crippen molar-refractivity contribution >= 4 is 28.8 Å². The summed E-state index contributed by atoms with van der Waals surface area (Å²) >= 11 is 1.41. The molecular formula is C22H20N2O4S. The summed E-state index contributed by atoms with van der Waals surface area (Å²) < 4.78 is 10.8. The number of benzene rings is 2. The normalized spacial score (nSPS) is 15.5. The van der Waals surface area contributed by atoms with Crippen molar-refractivity contribution in [2.24, 2.45) is 0 Å². The van der Waals surface area contributed by atoms with Crippen molar-refractivity contribution in [3.8, 4) is 11.5 Å². The zero-order valence-electron chi connectivity index (χ0n) is 15.8. The molecule has 0 bridgehead atoms.